The van der Waals surface area contributed by atoms with Crippen LogP contribution in [0.2, 0.25) is 5.02 Å². The Labute approximate surface area is 136 Å². The second-order valence-electron chi connectivity index (χ2n) is 4.57. The topological polar surface area (TPSA) is 58.9 Å². The molecule has 4 nitrogen and oxygen atoms in total. The van der Waals surface area contributed by atoms with Crippen molar-refractivity contribution in [1.29, 1.82) is 0 Å². The second-order valence-corrected chi connectivity index (χ2v) is 5.92. The van der Waals surface area contributed by atoms with Gasteiger partial charge in [-0.05, 0) is 30.5 Å². The van der Waals surface area contributed by atoms with Crippen molar-refractivity contribution in [1.82, 2.24) is 0 Å². The Morgan fingerprint density at radius 1 is 1.41 bits per heavy atom. The number of carbonyl (C=O) groups is 1. The molecule has 1 aromatic heterocycles. The van der Waals surface area contributed by atoms with Gasteiger partial charge in [-0.3, -0.25) is 0 Å². The van der Waals surface area contributed by atoms with Gasteiger partial charge in [-0.1, -0.05) is 17.7 Å². The van der Waals surface area contributed by atoms with Crippen LogP contribution in [0.15, 0.2) is 40.7 Å². The summed E-state index contributed by atoms with van der Waals surface area (Å²) >= 11 is 7.51. The number of halogens is 1. The van der Waals surface area contributed by atoms with Gasteiger partial charge in [0.1, 0.15) is 0 Å². The summed E-state index contributed by atoms with van der Waals surface area (Å²) < 4.78 is 5.64. The van der Waals surface area contributed by atoms with E-state index in [1.807, 2.05) is 18.4 Å². The Hall–Kier alpha value is -2.11. The van der Waals surface area contributed by atoms with Crippen LogP contribution < -0.4 is 0 Å². The Bertz CT molecular complexity index is 807. The molecule has 3 rings (SSSR count). The van der Waals surface area contributed by atoms with E-state index < -0.39 is 5.97 Å². The zero-order valence-corrected chi connectivity index (χ0v) is 13.2. The molecule has 0 saturated carbocycles. The number of ether oxygens (including phenoxy) is 1. The predicted molar refractivity (Wildman–Crippen MR) is 88.3 cm³/mol. The zero-order chi connectivity index (χ0) is 15.7. The highest BCUT2D eigenvalue weighted by molar-refractivity contribution is 7.11. The molecule has 1 aliphatic rings. The normalized spacial score (nSPS) is 14.8. The van der Waals surface area contributed by atoms with Gasteiger partial charge < -0.3 is 9.84 Å². The smallest absolute Gasteiger partial charge is 0.328 e. The molecule has 1 aromatic carbocycles. The molecular weight excluding hydrogens is 322 g/mol. The van der Waals surface area contributed by atoms with Gasteiger partial charge in [-0.2, -0.15) is 0 Å². The quantitative estimate of drug-likeness (QED) is 0.831. The molecule has 0 fully saturated rings. The van der Waals surface area contributed by atoms with Crippen LogP contribution in [-0.4, -0.2) is 23.6 Å². The van der Waals surface area contributed by atoms with Crippen LogP contribution >= 0.6 is 22.9 Å². The molecule has 22 heavy (non-hydrogen) atoms. The fourth-order valence-corrected chi connectivity index (χ4v) is 3.40. The number of aliphatic imine (C=N–C) groups is 1. The minimum atomic E-state index is -1.00. The van der Waals surface area contributed by atoms with Crippen molar-refractivity contribution >= 4 is 46.1 Å². The minimum absolute atomic E-state index is 0.474. The summed E-state index contributed by atoms with van der Waals surface area (Å²) in [6.45, 7) is 2.36. The molecule has 1 N–H and O–H groups in total. The summed E-state index contributed by atoms with van der Waals surface area (Å²) in [6, 6.07) is 7.11. The first-order chi connectivity index (χ1) is 10.6. The molecule has 0 bridgehead atoms. The highest BCUT2D eigenvalue weighted by Crippen LogP contribution is 2.40. The van der Waals surface area contributed by atoms with E-state index in [1.165, 1.54) is 17.4 Å². The molecule has 0 unspecified atom stereocenters. The van der Waals surface area contributed by atoms with Crippen molar-refractivity contribution in [2.24, 2.45) is 4.99 Å². The van der Waals surface area contributed by atoms with Gasteiger partial charge in [0.15, 0.2) is 0 Å². The predicted octanol–water partition coefficient (Wildman–Crippen LogP) is 4.35. The molecule has 112 valence electrons. The first-order valence-corrected chi connectivity index (χ1v) is 7.90. The lowest BCUT2D eigenvalue weighted by Gasteiger charge is -2.07. The molecule has 0 atom stereocenters. The third-order valence-electron chi connectivity index (χ3n) is 3.16. The maximum Gasteiger partial charge on any atom is 0.328 e. The number of benzene rings is 1. The van der Waals surface area contributed by atoms with Crippen LogP contribution in [0.5, 0.6) is 0 Å². The highest BCUT2D eigenvalue weighted by Gasteiger charge is 2.24. The Morgan fingerprint density at radius 2 is 2.23 bits per heavy atom. The first kappa shape index (κ1) is 14.8. The van der Waals surface area contributed by atoms with Gasteiger partial charge in [-0.25, -0.2) is 9.79 Å². The summed E-state index contributed by atoms with van der Waals surface area (Å²) in [4.78, 5) is 16.6. The van der Waals surface area contributed by atoms with Crippen LogP contribution in [0, 0.1) is 0 Å². The van der Waals surface area contributed by atoms with E-state index in [9.17, 15) is 9.90 Å². The number of rotatable bonds is 2. The Morgan fingerprint density at radius 3 is 2.95 bits per heavy atom. The van der Waals surface area contributed by atoms with Crippen LogP contribution in [-0.2, 0) is 9.53 Å². The lowest BCUT2D eigenvalue weighted by Crippen LogP contribution is -2.06. The highest BCUT2D eigenvalue weighted by atomic mass is 35.5. The van der Waals surface area contributed by atoms with Crippen LogP contribution in [0.25, 0.3) is 5.57 Å². The number of fused-ring (bicyclic) bond motifs is 2. The summed E-state index contributed by atoms with van der Waals surface area (Å²) in [5.41, 5.74) is 2.74. The number of hydrogen-bond acceptors (Lipinski definition) is 4. The van der Waals surface area contributed by atoms with Gasteiger partial charge in [0.05, 0.1) is 17.9 Å². The molecule has 2 heterocycles. The van der Waals surface area contributed by atoms with Crippen LogP contribution in [0.4, 0.5) is 5.69 Å². The van der Waals surface area contributed by atoms with E-state index in [2.05, 4.69) is 4.99 Å². The minimum Gasteiger partial charge on any atom is -0.478 e. The van der Waals surface area contributed by atoms with E-state index in [-0.39, 0.29) is 0 Å². The molecule has 0 radical (unpaired) electrons. The van der Waals surface area contributed by atoms with Crippen LogP contribution in [0.3, 0.4) is 0 Å². The van der Waals surface area contributed by atoms with Gasteiger partial charge in [-0.15, -0.1) is 11.3 Å². The van der Waals surface area contributed by atoms with E-state index in [4.69, 9.17) is 16.3 Å². The summed E-state index contributed by atoms with van der Waals surface area (Å²) in [7, 11) is 0. The molecule has 0 spiro atoms. The summed E-state index contributed by atoms with van der Waals surface area (Å²) in [5.74, 6) is -0.522. The van der Waals surface area contributed by atoms with Gasteiger partial charge in [0.25, 0.3) is 0 Å². The average Bonchev–Trinajstić information content (AvgIpc) is 2.90. The molecule has 2 aromatic rings. The van der Waals surface area contributed by atoms with Crippen LogP contribution in [0.1, 0.15) is 22.9 Å². The second kappa shape index (κ2) is 5.94. The van der Waals surface area contributed by atoms with Gasteiger partial charge in [0.2, 0.25) is 5.90 Å². The van der Waals surface area contributed by atoms with Crippen molar-refractivity contribution in [3.8, 4) is 0 Å². The molecule has 1 aliphatic heterocycles. The zero-order valence-electron chi connectivity index (χ0n) is 11.7. The molecule has 0 aliphatic carbocycles. The Balaban J connectivity index is 2.32. The number of thiophene rings is 1. The lowest BCUT2D eigenvalue weighted by molar-refractivity contribution is -0.131. The number of carboxylic acid groups (broad SMARTS) is 1. The number of nitrogens with zero attached hydrogens (tertiary/aromatic N) is 1. The molecule has 0 saturated heterocycles. The maximum atomic E-state index is 11.2. The largest absolute Gasteiger partial charge is 0.478 e. The van der Waals surface area contributed by atoms with Crippen molar-refractivity contribution in [2.45, 2.75) is 6.92 Å². The number of hydrogen-bond donors (Lipinski definition) is 1. The molecular formula is C16H12ClNO3S. The summed E-state index contributed by atoms with van der Waals surface area (Å²) in [5, 5.41) is 11.6. The average molecular weight is 334 g/mol. The third kappa shape index (κ3) is 2.65. The van der Waals surface area contributed by atoms with E-state index in [0.29, 0.717) is 28.8 Å². The molecule has 6 heteroatoms. The van der Waals surface area contributed by atoms with Gasteiger partial charge >= 0.3 is 5.97 Å². The van der Waals surface area contributed by atoms with Crippen molar-refractivity contribution in [3.63, 3.8) is 0 Å². The first-order valence-electron chi connectivity index (χ1n) is 6.64. The van der Waals surface area contributed by atoms with Crippen molar-refractivity contribution < 1.29 is 14.6 Å². The van der Waals surface area contributed by atoms with Crippen molar-refractivity contribution in [3.05, 3.63) is 56.7 Å². The fourth-order valence-electron chi connectivity index (χ4n) is 2.32. The summed E-state index contributed by atoms with van der Waals surface area (Å²) in [6.07, 6.45) is 1.20. The lowest BCUT2D eigenvalue weighted by atomic mass is 10.0. The van der Waals surface area contributed by atoms with Crippen molar-refractivity contribution in [2.75, 3.05) is 6.61 Å². The monoisotopic (exact) mass is 333 g/mol. The number of aliphatic carboxylic acids is 1. The Kier molecular flexibility index (Phi) is 4.00. The van der Waals surface area contributed by atoms with E-state index in [0.717, 1.165) is 16.0 Å². The number of carboxylic acids is 1. The standard InChI is InChI=1S/C16H12ClNO3S/c1-2-21-16-11-5-6-22-15(11)12(8-14(19)20)10-4-3-9(17)7-13(10)18-16/h3-8H,2H2,1H3,(H,19,20). The SMILES string of the molecule is CCOC1=Nc2cc(Cl)ccc2C(=CC(=O)O)c2sccc21. The van der Waals surface area contributed by atoms with E-state index >= 15 is 0 Å². The third-order valence-corrected chi connectivity index (χ3v) is 4.34. The fraction of sp³-hybridized carbons (Fsp3) is 0.125. The van der Waals surface area contributed by atoms with E-state index in [1.54, 1.807) is 18.2 Å². The van der Waals surface area contributed by atoms with Gasteiger partial charge in [0, 0.05) is 27.1 Å². The molecule has 0 amide bonds. The maximum absolute atomic E-state index is 11.2.